The number of fused-ring (bicyclic) bond motifs is 1. The number of benzene rings is 1. The molecule has 0 saturated heterocycles. The van der Waals surface area contributed by atoms with Crippen molar-refractivity contribution in [3.63, 3.8) is 0 Å². The first-order chi connectivity index (χ1) is 12.1. The summed E-state index contributed by atoms with van der Waals surface area (Å²) in [5, 5.41) is 0. The number of aryl methyl sites for hydroxylation is 2. The van der Waals surface area contributed by atoms with Crippen molar-refractivity contribution in [3.8, 4) is 5.82 Å². The van der Waals surface area contributed by atoms with Crippen LogP contribution in [0.5, 0.6) is 0 Å². The summed E-state index contributed by atoms with van der Waals surface area (Å²) >= 11 is 0. The molecule has 1 atom stereocenters. The Morgan fingerprint density at radius 2 is 2.00 bits per heavy atom. The molecule has 1 unspecified atom stereocenters. The van der Waals surface area contributed by atoms with Crippen LogP contribution in [-0.2, 0) is 12.8 Å². The second kappa shape index (κ2) is 6.28. The van der Waals surface area contributed by atoms with Crippen molar-refractivity contribution in [2.75, 3.05) is 0 Å². The Kier molecular flexibility index (Phi) is 3.96. The molecule has 25 heavy (non-hydrogen) atoms. The van der Waals surface area contributed by atoms with E-state index in [0.717, 1.165) is 30.5 Å². The number of nitrogens with zero attached hydrogens (tertiary/aromatic N) is 3. The summed E-state index contributed by atoms with van der Waals surface area (Å²) in [6.45, 7) is 4.29. The van der Waals surface area contributed by atoms with Crippen molar-refractivity contribution in [1.82, 2.24) is 14.5 Å². The maximum atomic E-state index is 12.9. The maximum absolute atomic E-state index is 12.9. The summed E-state index contributed by atoms with van der Waals surface area (Å²) < 4.78 is 1.55. The van der Waals surface area contributed by atoms with E-state index < -0.39 is 0 Å². The van der Waals surface area contributed by atoms with Gasteiger partial charge in [0.05, 0.1) is 5.69 Å². The van der Waals surface area contributed by atoms with E-state index in [0.29, 0.717) is 11.7 Å². The predicted octanol–water partition coefficient (Wildman–Crippen LogP) is 3.52. The van der Waals surface area contributed by atoms with Crippen molar-refractivity contribution >= 4 is 0 Å². The van der Waals surface area contributed by atoms with Crippen LogP contribution in [0.15, 0.2) is 53.7 Å². The van der Waals surface area contributed by atoms with Gasteiger partial charge in [-0.3, -0.25) is 9.36 Å². The molecule has 4 nitrogen and oxygen atoms in total. The fourth-order valence-electron chi connectivity index (χ4n) is 3.82. The van der Waals surface area contributed by atoms with E-state index in [1.54, 1.807) is 17.1 Å². The topological polar surface area (TPSA) is 47.8 Å². The highest BCUT2D eigenvalue weighted by Gasteiger charge is 2.25. The number of aromatic nitrogens is 3. The molecule has 3 aromatic rings. The minimum absolute atomic E-state index is 0.0165. The van der Waals surface area contributed by atoms with Crippen molar-refractivity contribution in [3.05, 3.63) is 87.2 Å². The van der Waals surface area contributed by atoms with Crippen LogP contribution in [0.3, 0.4) is 0 Å². The summed E-state index contributed by atoms with van der Waals surface area (Å²) in [6, 6.07) is 12.2. The highest BCUT2D eigenvalue weighted by molar-refractivity contribution is 5.36. The number of hydrogen-bond acceptors (Lipinski definition) is 3. The van der Waals surface area contributed by atoms with Gasteiger partial charge in [-0.25, -0.2) is 9.97 Å². The number of hydrogen-bond donors (Lipinski definition) is 0. The Labute approximate surface area is 147 Å². The average Bonchev–Trinajstić information content (AvgIpc) is 2.62. The second-order valence-electron chi connectivity index (χ2n) is 6.83. The van der Waals surface area contributed by atoms with Gasteiger partial charge in [0, 0.05) is 11.8 Å². The Morgan fingerprint density at radius 1 is 1.12 bits per heavy atom. The van der Waals surface area contributed by atoms with Crippen LogP contribution >= 0.6 is 0 Å². The van der Waals surface area contributed by atoms with Gasteiger partial charge in [0.2, 0.25) is 0 Å². The normalized spacial score (nSPS) is 16.5. The fraction of sp³-hybridized carbons (Fsp3) is 0.286. The zero-order valence-electron chi connectivity index (χ0n) is 14.6. The van der Waals surface area contributed by atoms with Crippen LogP contribution in [0.25, 0.3) is 5.82 Å². The van der Waals surface area contributed by atoms with E-state index in [1.807, 2.05) is 18.2 Å². The third-order valence-corrected chi connectivity index (χ3v) is 5.10. The molecule has 0 radical (unpaired) electrons. The zero-order chi connectivity index (χ0) is 17.4. The number of pyridine rings is 1. The Hall–Kier alpha value is -2.75. The summed E-state index contributed by atoms with van der Waals surface area (Å²) in [4.78, 5) is 21.7. The van der Waals surface area contributed by atoms with E-state index in [4.69, 9.17) is 0 Å². The summed E-state index contributed by atoms with van der Waals surface area (Å²) in [5.74, 6) is 1.06. The third-order valence-electron chi connectivity index (χ3n) is 5.10. The molecule has 1 aliphatic rings. The summed E-state index contributed by atoms with van der Waals surface area (Å²) in [7, 11) is 0. The number of rotatable bonds is 2. The monoisotopic (exact) mass is 331 g/mol. The third kappa shape index (κ3) is 2.88. The Bertz CT molecular complexity index is 976. The molecular weight excluding hydrogens is 310 g/mol. The molecule has 0 spiro atoms. The second-order valence-corrected chi connectivity index (χ2v) is 6.83. The molecule has 0 N–H and O–H groups in total. The molecule has 1 aromatic carbocycles. The zero-order valence-corrected chi connectivity index (χ0v) is 14.6. The van der Waals surface area contributed by atoms with E-state index in [-0.39, 0.29) is 5.56 Å². The maximum Gasteiger partial charge on any atom is 0.262 e. The molecule has 0 aliphatic heterocycles. The standard InChI is InChI=1S/C21H21N3O/c1-14-6-8-17(15(2)11-14)16-7-9-18-19(12-16)23-13-24(21(18)25)20-5-3-4-10-22-20/h3-6,8,10-11,13,16H,7,9,12H2,1-2H3. The van der Waals surface area contributed by atoms with Gasteiger partial charge in [-0.1, -0.05) is 29.8 Å². The van der Waals surface area contributed by atoms with Gasteiger partial charge in [-0.05, 0) is 62.3 Å². The molecule has 126 valence electrons. The van der Waals surface area contributed by atoms with E-state index in [9.17, 15) is 4.79 Å². The van der Waals surface area contributed by atoms with Crippen LogP contribution in [0.4, 0.5) is 0 Å². The molecule has 0 saturated carbocycles. The van der Waals surface area contributed by atoms with Gasteiger partial charge in [0.15, 0.2) is 0 Å². The van der Waals surface area contributed by atoms with Crippen molar-refractivity contribution in [1.29, 1.82) is 0 Å². The minimum Gasteiger partial charge on any atom is -0.269 e. The quantitative estimate of drug-likeness (QED) is 0.722. The molecule has 0 amide bonds. The SMILES string of the molecule is Cc1ccc(C2CCc3c(ncn(-c4ccccn4)c3=O)C2)c(C)c1. The van der Waals surface area contributed by atoms with Crippen molar-refractivity contribution in [2.24, 2.45) is 0 Å². The average molecular weight is 331 g/mol. The lowest BCUT2D eigenvalue weighted by Gasteiger charge is -2.25. The molecule has 0 fully saturated rings. The van der Waals surface area contributed by atoms with E-state index >= 15 is 0 Å². The first-order valence-corrected chi connectivity index (χ1v) is 8.71. The van der Waals surface area contributed by atoms with Gasteiger partial charge in [0.25, 0.3) is 5.56 Å². The summed E-state index contributed by atoms with van der Waals surface area (Å²) in [5.41, 5.74) is 5.79. The molecule has 4 heteroatoms. The lowest BCUT2D eigenvalue weighted by molar-refractivity contribution is 0.559. The van der Waals surface area contributed by atoms with E-state index in [1.165, 1.54) is 16.7 Å². The fourth-order valence-corrected chi connectivity index (χ4v) is 3.82. The lowest BCUT2D eigenvalue weighted by atomic mass is 9.81. The molecule has 1 aliphatic carbocycles. The highest BCUT2D eigenvalue weighted by atomic mass is 16.1. The van der Waals surface area contributed by atoms with Crippen LogP contribution in [0, 0.1) is 13.8 Å². The van der Waals surface area contributed by atoms with Crippen LogP contribution in [0.2, 0.25) is 0 Å². The van der Waals surface area contributed by atoms with Crippen molar-refractivity contribution in [2.45, 2.75) is 39.0 Å². The summed E-state index contributed by atoms with van der Waals surface area (Å²) in [6.07, 6.45) is 5.90. The van der Waals surface area contributed by atoms with Gasteiger partial charge < -0.3 is 0 Å². The van der Waals surface area contributed by atoms with Gasteiger partial charge in [0.1, 0.15) is 12.1 Å². The highest BCUT2D eigenvalue weighted by Crippen LogP contribution is 2.32. The predicted molar refractivity (Wildman–Crippen MR) is 98.3 cm³/mol. The molecular formula is C21H21N3O. The lowest BCUT2D eigenvalue weighted by Crippen LogP contribution is -2.29. The van der Waals surface area contributed by atoms with Gasteiger partial charge in [-0.15, -0.1) is 0 Å². The van der Waals surface area contributed by atoms with E-state index in [2.05, 4.69) is 42.0 Å². The van der Waals surface area contributed by atoms with Gasteiger partial charge in [-0.2, -0.15) is 0 Å². The molecule has 0 bridgehead atoms. The van der Waals surface area contributed by atoms with Crippen LogP contribution in [0.1, 0.15) is 40.3 Å². The van der Waals surface area contributed by atoms with Gasteiger partial charge >= 0.3 is 0 Å². The first-order valence-electron chi connectivity index (χ1n) is 8.71. The molecule has 2 heterocycles. The van der Waals surface area contributed by atoms with Crippen molar-refractivity contribution < 1.29 is 0 Å². The molecule has 2 aromatic heterocycles. The van der Waals surface area contributed by atoms with Crippen LogP contribution in [-0.4, -0.2) is 14.5 Å². The molecule has 4 rings (SSSR count). The largest absolute Gasteiger partial charge is 0.269 e. The first kappa shape index (κ1) is 15.8. The Balaban J connectivity index is 1.69. The minimum atomic E-state index is 0.0165. The smallest absolute Gasteiger partial charge is 0.262 e. The van der Waals surface area contributed by atoms with Crippen LogP contribution < -0.4 is 5.56 Å². The Morgan fingerprint density at radius 3 is 2.76 bits per heavy atom.